The summed E-state index contributed by atoms with van der Waals surface area (Å²) in [5.74, 6) is 0.289. The van der Waals surface area contributed by atoms with Crippen molar-refractivity contribution in [3.05, 3.63) is 59.2 Å². The van der Waals surface area contributed by atoms with Crippen LogP contribution in [-0.2, 0) is 4.79 Å². The molecule has 1 amide bonds. The van der Waals surface area contributed by atoms with Crippen LogP contribution in [0.1, 0.15) is 16.7 Å². The van der Waals surface area contributed by atoms with Crippen molar-refractivity contribution in [1.29, 1.82) is 0 Å². The van der Waals surface area contributed by atoms with Crippen LogP contribution >= 0.6 is 0 Å². The molecule has 30 heavy (non-hydrogen) atoms. The van der Waals surface area contributed by atoms with Crippen LogP contribution in [0.15, 0.2) is 42.5 Å². The predicted octanol–water partition coefficient (Wildman–Crippen LogP) is 3.90. The number of hydroxylamine groups is 1. The smallest absolute Gasteiger partial charge is 0.278 e. The first-order valence-corrected chi connectivity index (χ1v) is 8.56. The molecule has 0 heterocycles. The number of carbonyl (C=O) groups excluding carboxylic acids is 1. The van der Waals surface area contributed by atoms with Crippen LogP contribution in [0.2, 0.25) is 0 Å². The van der Waals surface area contributed by atoms with Crippen molar-refractivity contribution in [2.75, 3.05) is 28.4 Å². The number of hydrogen-bond donors (Lipinski definition) is 2. The molecule has 2 aromatic carbocycles. The van der Waals surface area contributed by atoms with Gasteiger partial charge in [0.15, 0.2) is 11.5 Å². The molecule has 2 aromatic rings. The van der Waals surface area contributed by atoms with Gasteiger partial charge in [-0.05, 0) is 41.5 Å². The predicted molar refractivity (Wildman–Crippen MR) is 106 cm³/mol. The van der Waals surface area contributed by atoms with E-state index in [4.69, 9.17) is 24.2 Å². The van der Waals surface area contributed by atoms with E-state index in [9.17, 15) is 13.6 Å². The number of hydrogen-bond acceptors (Lipinski definition) is 6. The van der Waals surface area contributed by atoms with E-state index in [1.54, 1.807) is 0 Å². The number of methoxy groups -OCH3 is 4. The standard InChI is InChI=1S/C21H21F2NO6/c1-27-15-7-5-13(9-12(15)6-8-18(25)24-26)19(21(22)23)14-10-16(28-2)20(30-4)17(11-14)29-3/h5-11,26H,1-4H3,(H,24,25)/b8-6+. The molecule has 0 bridgehead atoms. The maximum atomic E-state index is 14.0. The van der Waals surface area contributed by atoms with Crippen LogP contribution in [0.25, 0.3) is 11.6 Å². The fourth-order valence-corrected chi connectivity index (χ4v) is 2.83. The zero-order chi connectivity index (χ0) is 22.3. The van der Waals surface area contributed by atoms with Crippen LogP contribution in [0.4, 0.5) is 8.78 Å². The summed E-state index contributed by atoms with van der Waals surface area (Å²) in [4.78, 5) is 11.3. The summed E-state index contributed by atoms with van der Waals surface area (Å²) in [6.07, 6.45) is 0.435. The molecule has 0 radical (unpaired) electrons. The number of halogens is 2. The number of carbonyl (C=O) groups is 1. The van der Waals surface area contributed by atoms with E-state index in [-0.39, 0.29) is 33.9 Å². The molecule has 7 nitrogen and oxygen atoms in total. The molecule has 2 N–H and O–H groups in total. The van der Waals surface area contributed by atoms with Gasteiger partial charge in [0.2, 0.25) is 5.75 Å². The zero-order valence-electron chi connectivity index (χ0n) is 16.8. The molecular formula is C21H21F2NO6. The monoisotopic (exact) mass is 421 g/mol. The molecule has 0 spiro atoms. The molecule has 0 aromatic heterocycles. The summed E-state index contributed by atoms with van der Waals surface area (Å²) >= 11 is 0. The van der Waals surface area contributed by atoms with Gasteiger partial charge in [-0.25, -0.2) is 5.48 Å². The molecule has 2 rings (SSSR count). The number of amides is 1. The average molecular weight is 421 g/mol. The molecule has 0 saturated carbocycles. The Morgan fingerprint density at radius 2 is 1.50 bits per heavy atom. The maximum Gasteiger partial charge on any atom is 0.278 e. The molecule has 0 aliphatic carbocycles. The van der Waals surface area contributed by atoms with Gasteiger partial charge in [0.1, 0.15) is 5.75 Å². The highest BCUT2D eigenvalue weighted by atomic mass is 19.3. The minimum atomic E-state index is -1.93. The first kappa shape index (κ1) is 22.7. The van der Waals surface area contributed by atoms with Gasteiger partial charge in [-0.15, -0.1) is 0 Å². The maximum absolute atomic E-state index is 14.0. The van der Waals surface area contributed by atoms with E-state index in [1.165, 1.54) is 70.3 Å². The summed E-state index contributed by atoms with van der Waals surface area (Å²) in [6.45, 7) is 0. The summed E-state index contributed by atoms with van der Waals surface area (Å²) in [5, 5.41) is 8.62. The van der Waals surface area contributed by atoms with Gasteiger partial charge >= 0.3 is 0 Å². The molecule has 0 saturated heterocycles. The van der Waals surface area contributed by atoms with Crippen LogP contribution < -0.4 is 24.4 Å². The zero-order valence-corrected chi connectivity index (χ0v) is 16.8. The van der Waals surface area contributed by atoms with Crippen LogP contribution in [0.3, 0.4) is 0 Å². The van der Waals surface area contributed by atoms with Gasteiger partial charge < -0.3 is 18.9 Å². The van der Waals surface area contributed by atoms with E-state index < -0.39 is 12.0 Å². The number of rotatable bonds is 8. The summed E-state index contributed by atoms with van der Waals surface area (Å²) in [7, 11) is 5.60. The Morgan fingerprint density at radius 1 is 0.900 bits per heavy atom. The summed E-state index contributed by atoms with van der Waals surface area (Å²) < 4.78 is 49.0. The Balaban J connectivity index is 2.67. The lowest BCUT2D eigenvalue weighted by atomic mass is 9.96. The second-order valence-electron chi connectivity index (χ2n) is 5.82. The van der Waals surface area contributed by atoms with Gasteiger partial charge in [-0.1, -0.05) is 6.07 Å². The Labute approximate surface area is 172 Å². The summed E-state index contributed by atoms with van der Waals surface area (Å²) in [5.41, 5.74) is 1.74. The highest BCUT2D eigenvalue weighted by Crippen LogP contribution is 2.42. The summed E-state index contributed by atoms with van der Waals surface area (Å²) in [6, 6.07) is 7.20. The van der Waals surface area contributed by atoms with Crippen molar-refractivity contribution >= 4 is 17.6 Å². The van der Waals surface area contributed by atoms with Crippen molar-refractivity contribution in [3.63, 3.8) is 0 Å². The topological polar surface area (TPSA) is 86.2 Å². The van der Waals surface area contributed by atoms with Gasteiger partial charge in [-0.3, -0.25) is 10.0 Å². The fraction of sp³-hybridized carbons (Fsp3) is 0.190. The van der Waals surface area contributed by atoms with Gasteiger partial charge in [-0.2, -0.15) is 8.78 Å². The lowest BCUT2D eigenvalue weighted by molar-refractivity contribution is -0.124. The third-order valence-electron chi connectivity index (χ3n) is 4.19. The van der Waals surface area contributed by atoms with Crippen molar-refractivity contribution in [2.45, 2.75) is 0 Å². The first-order valence-electron chi connectivity index (χ1n) is 8.56. The van der Waals surface area contributed by atoms with Gasteiger partial charge in [0.25, 0.3) is 12.0 Å². The second-order valence-corrected chi connectivity index (χ2v) is 5.82. The van der Waals surface area contributed by atoms with Crippen molar-refractivity contribution < 1.29 is 37.7 Å². The molecule has 9 heteroatoms. The molecule has 0 aliphatic heterocycles. The molecule has 0 fully saturated rings. The fourth-order valence-electron chi connectivity index (χ4n) is 2.83. The van der Waals surface area contributed by atoms with E-state index in [0.29, 0.717) is 11.3 Å². The van der Waals surface area contributed by atoms with E-state index in [1.807, 2.05) is 0 Å². The van der Waals surface area contributed by atoms with Crippen LogP contribution in [0, 0.1) is 0 Å². The average Bonchev–Trinajstić information content (AvgIpc) is 2.76. The third kappa shape index (κ3) is 4.87. The van der Waals surface area contributed by atoms with Crippen molar-refractivity contribution in [1.82, 2.24) is 5.48 Å². The Hall–Kier alpha value is -3.59. The van der Waals surface area contributed by atoms with Crippen molar-refractivity contribution in [2.24, 2.45) is 0 Å². The minimum absolute atomic E-state index is 0.137. The lowest BCUT2D eigenvalue weighted by Gasteiger charge is -2.16. The molecule has 0 unspecified atom stereocenters. The van der Waals surface area contributed by atoms with Gasteiger partial charge in [0.05, 0.1) is 34.0 Å². The minimum Gasteiger partial charge on any atom is -0.496 e. The number of ether oxygens (including phenoxy) is 4. The highest BCUT2D eigenvalue weighted by Gasteiger charge is 2.20. The van der Waals surface area contributed by atoms with E-state index in [2.05, 4.69) is 0 Å². The number of nitrogens with one attached hydrogen (secondary N) is 1. The van der Waals surface area contributed by atoms with Gasteiger partial charge in [0, 0.05) is 11.6 Å². The van der Waals surface area contributed by atoms with Crippen LogP contribution in [-0.4, -0.2) is 39.6 Å². The highest BCUT2D eigenvalue weighted by molar-refractivity contribution is 5.92. The molecule has 0 aliphatic rings. The first-order chi connectivity index (χ1) is 14.4. The largest absolute Gasteiger partial charge is 0.496 e. The number of benzene rings is 2. The Kier molecular flexibility index (Phi) is 7.76. The second kappa shape index (κ2) is 10.3. The van der Waals surface area contributed by atoms with E-state index >= 15 is 0 Å². The molecule has 160 valence electrons. The Morgan fingerprint density at radius 3 is 1.97 bits per heavy atom. The lowest BCUT2D eigenvalue weighted by Crippen LogP contribution is -2.14. The molecular weight excluding hydrogens is 400 g/mol. The Bertz CT molecular complexity index is 958. The third-order valence-corrected chi connectivity index (χ3v) is 4.19. The quantitative estimate of drug-likeness (QED) is 0.382. The van der Waals surface area contributed by atoms with E-state index in [0.717, 1.165) is 6.08 Å². The molecule has 0 atom stereocenters. The normalized spacial score (nSPS) is 10.5. The van der Waals surface area contributed by atoms with Crippen LogP contribution in [0.5, 0.6) is 23.0 Å². The van der Waals surface area contributed by atoms with Crippen molar-refractivity contribution in [3.8, 4) is 23.0 Å². The SMILES string of the molecule is COc1ccc(C(=C(F)F)c2cc(OC)c(OC)c(OC)c2)cc1/C=C/C(=O)NO.